The van der Waals surface area contributed by atoms with Crippen LogP contribution in [0.2, 0.25) is 0 Å². The summed E-state index contributed by atoms with van der Waals surface area (Å²) in [6, 6.07) is 6.06. The molecule has 0 spiro atoms. The Hall–Kier alpha value is -2.04. The second-order valence-corrected chi connectivity index (χ2v) is 6.51. The number of guanidine groups is 1. The maximum absolute atomic E-state index is 4.62. The molecule has 23 heavy (non-hydrogen) atoms. The highest BCUT2D eigenvalue weighted by Crippen LogP contribution is 2.42. The van der Waals surface area contributed by atoms with E-state index in [0.717, 1.165) is 36.8 Å². The Kier molecular flexibility index (Phi) is 4.84. The average Bonchev–Trinajstić information content (AvgIpc) is 2.95. The first kappa shape index (κ1) is 15.8. The van der Waals surface area contributed by atoms with Crippen molar-refractivity contribution in [2.45, 2.75) is 39.0 Å². The largest absolute Gasteiger partial charge is 0.356 e. The van der Waals surface area contributed by atoms with Crippen molar-refractivity contribution in [2.24, 2.45) is 10.4 Å². The maximum atomic E-state index is 4.62. The van der Waals surface area contributed by atoms with Crippen LogP contribution in [0.1, 0.15) is 38.3 Å². The number of nitrogens with one attached hydrogen (secondary N) is 2. The molecular formula is C18H27N5. The smallest absolute Gasteiger partial charge is 0.191 e. The zero-order chi connectivity index (χ0) is 16.1. The van der Waals surface area contributed by atoms with Crippen LogP contribution in [0.25, 0.3) is 5.65 Å². The number of imidazole rings is 1. The zero-order valence-corrected chi connectivity index (χ0v) is 14.2. The Morgan fingerprint density at radius 1 is 1.35 bits per heavy atom. The van der Waals surface area contributed by atoms with E-state index in [2.05, 4.69) is 38.1 Å². The predicted molar refractivity (Wildman–Crippen MR) is 94.8 cm³/mol. The molecule has 5 heteroatoms. The summed E-state index contributed by atoms with van der Waals surface area (Å²) in [5, 5.41) is 6.89. The van der Waals surface area contributed by atoms with Crippen molar-refractivity contribution < 1.29 is 0 Å². The number of nitrogens with zero attached hydrogens (tertiary/aromatic N) is 3. The lowest BCUT2D eigenvalue weighted by atomic mass is 9.67. The Bertz CT molecular complexity index is 630. The van der Waals surface area contributed by atoms with E-state index in [0.29, 0.717) is 5.41 Å². The number of pyridine rings is 1. The van der Waals surface area contributed by atoms with Gasteiger partial charge in [-0.15, -0.1) is 0 Å². The zero-order valence-electron chi connectivity index (χ0n) is 14.2. The van der Waals surface area contributed by atoms with Crippen molar-refractivity contribution >= 4 is 11.6 Å². The first-order chi connectivity index (χ1) is 11.2. The fraction of sp³-hybridized carbons (Fsp3) is 0.556. The van der Waals surface area contributed by atoms with E-state index < -0.39 is 0 Å². The van der Waals surface area contributed by atoms with Gasteiger partial charge in [0.15, 0.2) is 5.96 Å². The van der Waals surface area contributed by atoms with Crippen molar-refractivity contribution in [3.8, 4) is 0 Å². The summed E-state index contributed by atoms with van der Waals surface area (Å²) in [5.41, 5.74) is 2.60. The van der Waals surface area contributed by atoms with Gasteiger partial charge in [-0.2, -0.15) is 0 Å². The molecule has 1 fully saturated rings. The van der Waals surface area contributed by atoms with Crippen molar-refractivity contribution in [3.63, 3.8) is 0 Å². The van der Waals surface area contributed by atoms with Gasteiger partial charge < -0.3 is 15.0 Å². The molecule has 0 atom stereocenters. The molecule has 1 saturated carbocycles. The van der Waals surface area contributed by atoms with Crippen LogP contribution >= 0.6 is 0 Å². The van der Waals surface area contributed by atoms with Gasteiger partial charge in [0, 0.05) is 39.0 Å². The quantitative estimate of drug-likeness (QED) is 0.637. The van der Waals surface area contributed by atoms with Crippen LogP contribution in [-0.4, -0.2) is 35.5 Å². The molecular weight excluding hydrogens is 286 g/mol. The van der Waals surface area contributed by atoms with E-state index >= 15 is 0 Å². The van der Waals surface area contributed by atoms with Crippen LogP contribution in [0.4, 0.5) is 0 Å². The number of hydrogen-bond donors (Lipinski definition) is 2. The normalized spacial score (nSPS) is 17.0. The van der Waals surface area contributed by atoms with Crippen LogP contribution in [0.3, 0.4) is 0 Å². The third kappa shape index (κ3) is 3.66. The van der Waals surface area contributed by atoms with E-state index in [4.69, 9.17) is 0 Å². The van der Waals surface area contributed by atoms with E-state index in [-0.39, 0.29) is 0 Å². The molecule has 2 heterocycles. The second-order valence-electron chi connectivity index (χ2n) is 6.51. The van der Waals surface area contributed by atoms with E-state index in [9.17, 15) is 0 Å². The van der Waals surface area contributed by atoms with E-state index in [1.165, 1.54) is 25.7 Å². The maximum Gasteiger partial charge on any atom is 0.191 e. The fourth-order valence-corrected chi connectivity index (χ4v) is 3.24. The lowest BCUT2D eigenvalue weighted by Gasteiger charge is -2.41. The highest BCUT2D eigenvalue weighted by molar-refractivity contribution is 5.79. The number of hydrogen-bond acceptors (Lipinski definition) is 2. The summed E-state index contributed by atoms with van der Waals surface area (Å²) < 4.78 is 2.06. The summed E-state index contributed by atoms with van der Waals surface area (Å²) in [6.07, 6.45) is 10.3. The Balaban J connectivity index is 1.46. The molecule has 3 rings (SSSR count). The monoisotopic (exact) mass is 313 g/mol. The molecule has 0 aromatic carbocycles. The van der Waals surface area contributed by atoms with Crippen molar-refractivity contribution in [1.82, 2.24) is 20.0 Å². The first-order valence-electron chi connectivity index (χ1n) is 8.62. The van der Waals surface area contributed by atoms with Gasteiger partial charge in [-0.3, -0.25) is 4.99 Å². The fourth-order valence-electron chi connectivity index (χ4n) is 3.24. The molecule has 0 aliphatic heterocycles. The molecule has 0 unspecified atom stereocenters. The van der Waals surface area contributed by atoms with Gasteiger partial charge in [-0.05, 0) is 36.8 Å². The van der Waals surface area contributed by atoms with E-state index in [1.807, 2.05) is 31.4 Å². The topological polar surface area (TPSA) is 53.7 Å². The molecule has 1 aliphatic carbocycles. The van der Waals surface area contributed by atoms with Crippen LogP contribution in [-0.2, 0) is 6.42 Å². The number of aliphatic imine (C=N–C) groups is 1. The molecule has 0 bridgehead atoms. The minimum Gasteiger partial charge on any atom is -0.356 e. The molecule has 124 valence electrons. The molecule has 0 radical (unpaired) electrons. The summed E-state index contributed by atoms with van der Waals surface area (Å²) in [4.78, 5) is 8.95. The second kappa shape index (κ2) is 7.02. The van der Waals surface area contributed by atoms with Gasteiger partial charge in [0.2, 0.25) is 0 Å². The van der Waals surface area contributed by atoms with Gasteiger partial charge in [-0.1, -0.05) is 19.4 Å². The molecule has 5 nitrogen and oxygen atoms in total. The average molecular weight is 313 g/mol. The van der Waals surface area contributed by atoms with Gasteiger partial charge in [0.05, 0.1) is 5.69 Å². The highest BCUT2D eigenvalue weighted by Gasteiger charge is 2.34. The SMILES string of the molecule is CCC1(CNC(=NC)NCCc2cn3ccccc3n2)CCC1. The first-order valence-corrected chi connectivity index (χ1v) is 8.62. The number of fused-ring (bicyclic) bond motifs is 1. The third-order valence-electron chi connectivity index (χ3n) is 5.11. The summed E-state index contributed by atoms with van der Waals surface area (Å²) in [6.45, 7) is 4.15. The number of rotatable bonds is 6. The molecule has 2 N–H and O–H groups in total. The number of aromatic nitrogens is 2. The van der Waals surface area contributed by atoms with Crippen LogP contribution < -0.4 is 10.6 Å². The van der Waals surface area contributed by atoms with Gasteiger partial charge in [0.1, 0.15) is 5.65 Å². The molecule has 2 aromatic rings. The summed E-state index contributed by atoms with van der Waals surface area (Å²) in [7, 11) is 1.83. The molecule has 0 amide bonds. The van der Waals surface area contributed by atoms with Crippen LogP contribution in [0, 0.1) is 5.41 Å². The standard InChI is InChI=1S/C18H27N5/c1-3-18(9-6-10-18)14-21-17(19-2)20-11-8-15-13-23-12-5-4-7-16(23)22-15/h4-5,7,12-13H,3,6,8-11,14H2,1-2H3,(H2,19,20,21). The van der Waals surface area contributed by atoms with Crippen molar-refractivity contribution in [3.05, 3.63) is 36.3 Å². The highest BCUT2D eigenvalue weighted by atomic mass is 15.2. The lowest BCUT2D eigenvalue weighted by Crippen LogP contribution is -2.46. The molecule has 0 saturated heterocycles. The Morgan fingerprint density at radius 2 is 2.22 bits per heavy atom. The predicted octanol–water partition coefficient (Wildman–Crippen LogP) is 2.62. The molecule has 1 aliphatic rings. The minimum absolute atomic E-state index is 0.499. The Morgan fingerprint density at radius 3 is 2.87 bits per heavy atom. The summed E-state index contributed by atoms with van der Waals surface area (Å²) >= 11 is 0. The Labute approximate surface area is 138 Å². The van der Waals surface area contributed by atoms with Crippen molar-refractivity contribution in [2.75, 3.05) is 20.1 Å². The minimum atomic E-state index is 0.499. The van der Waals surface area contributed by atoms with Crippen molar-refractivity contribution in [1.29, 1.82) is 0 Å². The third-order valence-corrected chi connectivity index (χ3v) is 5.11. The van der Waals surface area contributed by atoms with E-state index in [1.54, 1.807) is 0 Å². The van der Waals surface area contributed by atoms with Gasteiger partial charge in [-0.25, -0.2) is 4.98 Å². The van der Waals surface area contributed by atoms with Gasteiger partial charge >= 0.3 is 0 Å². The molecule has 2 aromatic heterocycles. The van der Waals surface area contributed by atoms with Gasteiger partial charge in [0.25, 0.3) is 0 Å². The summed E-state index contributed by atoms with van der Waals surface area (Å²) in [5.74, 6) is 0.897. The van der Waals surface area contributed by atoms with Crippen LogP contribution in [0.5, 0.6) is 0 Å². The van der Waals surface area contributed by atoms with Crippen LogP contribution in [0.15, 0.2) is 35.6 Å². The lowest BCUT2D eigenvalue weighted by molar-refractivity contribution is 0.131.